The maximum absolute atomic E-state index is 12.2. The number of amides is 1. The third kappa shape index (κ3) is 7.04. The molecule has 1 aromatic heterocycles. The first kappa shape index (κ1) is 22.8. The van der Waals surface area contributed by atoms with Crippen molar-refractivity contribution in [3.8, 4) is 5.75 Å². The number of rotatable bonds is 9. The number of thiazole rings is 1. The van der Waals surface area contributed by atoms with Crippen LogP contribution in [0.1, 0.15) is 27.4 Å². The Kier molecular flexibility index (Phi) is 7.90. The van der Waals surface area contributed by atoms with Crippen molar-refractivity contribution in [1.82, 2.24) is 10.3 Å². The molecule has 0 aliphatic heterocycles. The van der Waals surface area contributed by atoms with E-state index in [1.165, 1.54) is 11.6 Å². The fraction of sp³-hybridized carbons (Fsp3) is 0.111. The number of halogens is 1. The fourth-order valence-electron chi connectivity index (χ4n) is 3.14. The molecule has 3 aromatic carbocycles. The highest BCUT2D eigenvalue weighted by Gasteiger charge is 2.05. The van der Waals surface area contributed by atoms with E-state index in [0.717, 1.165) is 34.0 Å². The van der Waals surface area contributed by atoms with Crippen molar-refractivity contribution >= 4 is 34.9 Å². The molecule has 4 aromatic rings. The topological polar surface area (TPSA) is 51.2 Å². The van der Waals surface area contributed by atoms with Crippen LogP contribution in [-0.4, -0.2) is 10.9 Å². The molecule has 0 saturated heterocycles. The van der Waals surface area contributed by atoms with Gasteiger partial charge in [0.25, 0.3) is 0 Å². The Labute approximate surface area is 202 Å². The minimum absolute atomic E-state index is 0.161. The summed E-state index contributed by atoms with van der Waals surface area (Å²) in [7, 11) is 0. The molecular formula is C27H23ClN2O2S. The fourth-order valence-corrected chi connectivity index (χ4v) is 4.16. The first-order valence-corrected chi connectivity index (χ1v) is 11.8. The Morgan fingerprint density at radius 3 is 2.55 bits per heavy atom. The van der Waals surface area contributed by atoms with Crippen LogP contribution in [0.15, 0.2) is 90.3 Å². The number of carbonyl (C=O) groups is 1. The first-order valence-electron chi connectivity index (χ1n) is 10.5. The summed E-state index contributed by atoms with van der Waals surface area (Å²) in [4.78, 5) is 16.8. The molecule has 0 fully saturated rings. The zero-order valence-electron chi connectivity index (χ0n) is 17.9. The number of benzene rings is 3. The van der Waals surface area contributed by atoms with Gasteiger partial charge in [0.15, 0.2) is 0 Å². The van der Waals surface area contributed by atoms with E-state index in [1.54, 1.807) is 17.4 Å². The lowest BCUT2D eigenvalue weighted by Gasteiger charge is -2.07. The highest BCUT2D eigenvalue weighted by atomic mass is 35.5. The summed E-state index contributed by atoms with van der Waals surface area (Å²) in [6, 6.07) is 25.4. The second-order valence-electron chi connectivity index (χ2n) is 7.40. The molecule has 0 radical (unpaired) electrons. The maximum atomic E-state index is 12.2. The third-order valence-corrected chi connectivity index (χ3v) is 6.17. The Hall–Kier alpha value is -3.41. The van der Waals surface area contributed by atoms with E-state index in [0.29, 0.717) is 18.2 Å². The van der Waals surface area contributed by atoms with Crippen LogP contribution in [0.5, 0.6) is 5.75 Å². The van der Waals surface area contributed by atoms with Gasteiger partial charge in [-0.15, -0.1) is 11.3 Å². The quantitative estimate of drug-likeness (QED) is 0.290. The van der Waals surface area contributed by atoms with Gasteiger partial charge in [-0.2, -0.15) is 0 Å². The summed E-state index contributed by atoms with van der Waals surface area (Å²) in [5, 5.41) is 6.60. The molecule has 1 N–H and O–H groups in total. The molecule has 0 aliphatic carbocycles. The highest BCUT2D eigenvalue weighted by Crippen LogP contribution is 2.19. The number of ether oxygens (including phenoxy) is 1. The molecule has 4 nitrogen and oxygen atoms in total. The minimum atomic E-state index is -0.161. The zero-order chi connectivity index (χ0) is 22.9. The van der Waals surface area contributed by atoms with Gasteiger partial charge in [0, 0.05) is 28.5 Å². The van der Waals surface area contributed by atoms with Crippen molar-refractivity contribution in [2.45, 2.75) is 19.6 Å². The second-order valence-corrected chi connectivity index (χ2v) is 8.75. The Morgan fingerprint density at radius 2 is 1.76 bits per heavy atom. The summed E-state index contributed by atoms with van der Waals surface area (Å²) in [6.07, 6.45) is 4.10. The number of carbonyl (C=O) groups excluding carboxylic acids is 1. The van der Waals surface area contributed by atoms with Crippen molar-refractivity contribution in [2.24, 2.45) is 0 Å². The first-order chi connectivity index (χ1) is 16.2. The van der Waals surface area contributed by atoms with Crippen LogP contribution in [0.25, 0.3) is 6.08 Å². The van der Waals surface area contributed by atoms with Gasteiger partial charge in [0.1, 0.15) is 12.4 Å². The normalized spacial score (nSPS) is 10.9. The van der Waals surface area contributed by atoms with Crippen molar-refractivity contribution in [3.05, 3.63) is 123 Å². The van der Waals surface area contributed by atoms with Gasteiger partial charge in [-0.3, -0.25) is 4.79 Å². The van der Waals surface area contributed by atoms with E-state index < -0.39 is 0 Å². The van der Waals surface area contributed by atoms with Crippen molar-refractivity contribution in [1.29, 1.82) is 0 Å². The molecular weight excluding hydrogens is 452 g/mol. The lowest BCUT2D eigenvalue weighted by molar-refractivity contribution is -0.116. The maximum Gasteiger partial charge on any atom is 0.244 e. The molecule has 6 heteroatoms. The molecule has 0 aliphatic rings. The molecule has 33 heavy (non-hydrogen) atoms. The van der Waals surface area contributed by atoms with Crippen molar-refractivity contribution < 1.29 is 9.53 Å². The zero-order valence-corrected chi connectivity index (χ0v) is 19.5. The molecule has 0 spiro atoms. The molecule has 1 amide bonds. The highest BCUT2D eigenvalue weighted by molar-refractivity contribution is 7.09. The van der Waals surface area contributed by atoms with E-state index in [1.807, 2.05) is 72.1 Å². The molecule has 1 heterocycles. The second kappa shape index (κ2) is 11.5. The Balaban J connectivity index is 1.23. The van der Waals surface area contributed by atoms with Crippen molar-refractivity contribution in [2.75, 3.05) is 0 Å². The summed E-state index contributed by atoms with van der Waals surface area (Å²) in [5.74, 6) is 0.581. The Morgan fingerprint density at radius 1 is 1.00 bits per heavy atom. The van der Waals surface area contributed by atoms with Crippen LogP contribution in [0.2, 0.25) is 5.02 Å². The van der Waals surface area contributed by atoms with Crippen LogP contribution in [0.4, 0.5) is 0 Å². The van der Waals surface area contributed by atoms with E-state index >= 15 is 0 Å². The number of aromatic nitrogens is 1. The minimum Gasteiger partial charge on any atom is -0.489 e. The van der Waals surface area contributed by atoms with Gasteiger partial charge in [-0.1, -0.05) is 72.3 Å². The summed E-state index contributed by atoms with van der Waals surface area (Å²) in [5.41, 5.74) is 3.94. The third-order valence-electron chi connectivity index (χ3n) is 4.90. The number of hydrogen-bond donors (Lipinski definition) is 1. The van der Waals surface area contributed by atoms with Crippen LogP contribution >= 0.6 is 22.9 Å². The van der Waals surface area contributed by atoms with Crippen LogP contribution in [-0.2, 0) is 24.4 Å². The Bertz CT molecular complexity index is 1220. The molecule has 0 unspecified atom stereocenters. The summed E-state index contributed by atoms with van der Waals surface area (Å²) < 4.78 is 5.79. The SMILES string of the molecule is O=C(/C=C/c1ccc(OCc2ccccc2Cl)cc1)NCc1csc(Cc2ccccc2)n1. The number of hydrogen-bond acceptors (Lipinski definition) is 4. The van der Waals surface area contributed by atoms with Crippen LogP contribution in [0, 0.1) is 0 Å². The molecule has 4 rings (SSSR count). The van der Waals surface area contributed by atoms with E-state index in [-0.39, 0.29) is 5.91 Å². The lowest BCUT2D eigenvalue weighted by Crippen LogP contribution is -2.20. The van der Waals surface area contributed by atoms with Gasteiger partial charge < -0.3 is 10.1 Å². The van der Waals surface area contributed by atoms with E-state index in [4.69, 9.17) is 16.3 Å². The van der Waals surface area contributed by atoms with Crippen LogP contribution < -0.4 is 10.1 Å². The molecule has 166 valence electrons. The summed E-state index contributed by atoms with van der Waals surface area (Å²) in [6.45, 7) is 0.810. The van der Waals surface area contributed by atoms with Gasteiger partial charge in [-0.05, 0) is 35.4 Å². The molecule has 0 atom stereocenters. The average molecular weight is 475 g/mol. The predicted octanol–water partition coefficient (Wildman–Crippen LogP) is 6.30. The largest absolute Gasteiger partial charge is 0.489 e. The molecule has 0 bridgehead atoms. The number of nitrogens with one attached hydrogen (secondary N) is 1. The standard InChI is InChI=1S/C27H23ClN2O2S/c28-25-9-5-4-8-22(25)18-32-24-13-10-20(11-14-24)12-15-26(31)29-17-23-19-33-27(30-23)16-21-6-2-1-3-7-21/h1-15,19H,16-18H2,(H,29,31)/b15-12+. The van der Waals surface area contributed by atoms with Crippen LogP contribution in [0.3, 0.4) is 0 Å². The van der Waals surface area contributed by atoms with Crippen molar-refractivity contribution in [3.63, 3.8) is 0 Å². The van der Waals surface area contributed by atoms with Gasteiger partial charge in [0.2, 0.25) is 5.91 Å². The van der Waals surface area contributed by atoms with E-state index in [9.17, 15) is 4.79 Å². The lowest BCUT2D eigenvalue weighted by atomic mass is 10.2. The monoisotopic (exact) mass is 474 g/mol. The van der Waals surface area contributed by atoms with E-state index in [2.05, 4.69) is 22.4 Å². The molecule has 0 saturated carbocycles. The smallest absolute Gasteiger partial charge is 0.244 e. The average Bonchev–Trinajstić information content (AvgIpc) is 3.29. The van der Waals surface area contributed by atoms with Gasteiger partial charge in [0.05, 0.1) is 17.2 Å². The van der Waals surface area contributed by atoms with Gasteiger partial charge in [-0.25, -0.2) is 4.98 Å². The number of nitrogens with zero attached hydrogens (tertiary/aromatic N) is 1. The predicted molar refractivity (Wildman–Crippen MR) is 134 cm³/mol. The van der Waals surface area contributed by atoms with Gasteiger partial charge >= 0.3 is 0 Å². The summed E-state index contributed by atoms with van der Waals surface area (Å²) >= 11 is 7.77.